The number of hydrogen-bond donors (Lipinski definition) is 2. The standard InChI is InChI=1S/C14H19N3O2.ClH/c1-10-9-15-7-8-17(10)14(19)12-3-5-13(6-4-12)16-11(2)18;/h3-6,10,15H,7-9H2,1-2H3,(H,16,18);1H/t10-;/m1./s1. The average molecular weight is 298 g/mol. The smallest absolute Gasteiger partial charge is 0.254 e. The molecule has 1 heterocycles. The summed E-state index contributed by atoms with van der Waals surface area (Å²) < 4.78 is 0. The third kappa shape index (κ3) is 3.95. The van der Waals surface area contributed by atoms with Crippen molar-refractivity contribution in [3.05, 3.63) is 29.8 Å². The monoisotopic (exact) mass is 297 g/mol. The predicted molar refractivity (Wildman–Crippen MR) is 81.4 cm³/mol. The second-order valence-electron chi connectivity index (χ2n) is 4.81. The predicted octanol–water partition coefficient (Wildman–Crippen LogP) is 1.50. The van der Waals surface area contributed by atoms with Gasteiger partial charge in [-0.1, -0.05) is 0 Å². The van der Waals surface area contributed by atoms with Crippen molar-refractivity contribution in [3.63, 3.8) is 0 Å². The highest BCUT2D eigenvalue weighted by Gasteiger charge is 2.23. The molecule has 20 heavy (non-hydrogen) atoms. The van der Waals surface area contributed by atoms with E-state index in [4.69, 9.17) is 0 Å². The lowest BCUT2D eigenvalue weighted by molar-refractivity contribution is -0.114. The minimum absolute atomic E-state index is 0. The van der Waals surface area contributed by atoms with Gasteiger partial charge in [-0.15, -0.1) is 12.4 Å². The lowest BCUT2D eigenvalue weighted by atomic mass is 10.1. The van der Waals surface area contributed by atoms with Crippen LogP contribution in [0.25, 0.3) is 0 Å². The van der Waals surface area contributed by atoms with Gasteiger partial charge in [0.1, 0.15) is 0 Å². The quantitative estimate of drug-likeness (QED) is 0.870. The number of carbonyl (C=O) groups excluding carboxylic acids is 2. The molecule has 0 unspecified atom stereocenters. The third-order valence-corrected chi connectivity index (χ3v) is 3.21. The molecule has 0 aliphatic carbocycles. The Labute approximate surface area is 125 Å². The van der Waals surface area contributed by atoms with Gasteiger partial charge in [-0.05, 0) is 31.2 Å². The number of rotatable bonds is 2. The minimum Gasteiger partial charge on any atom is -0.333 e. The molecule has 1 fully saturated rings. The molecule has 0 aromatic heterocycles. The number of nitrogens with one attached hydrogen (secondary N) is 2. The first-order valence-electron chi connectivity index (χ1n) is 6.47. The average Bonchev–Trinajstić information content (AvgIpc) is 2.39. The molecule has 6 heteroatoms. The van der Waals surface area contributed by atoms with E-state index in [1.165, 1.54) is 6.92 Å². The summed E-state index contributed by atoms with van der Waals surface area (Å²) in [5.41, 5.74) is 1.36. The van der Waals surface area contributed by atoms with Crippen LogP contribution in [0.2, 0.25) is 0 Å². The first-order valence-corrected chi connectivity index (χ1v) is 6.47. The van der Waals surface area contributed by atoms with Gasteiger partial charge in [-0.3, -0.25) is 9.59 Å². The van der Waals surface area contributed by atoms with Crippen molar-refractivity contribution in [2.45, 2.75) is 19.9 Å². The van der Waals surface area contributed by atoms with Crippen LogP contribution in [0.15, 0.2) is 24.3 Å². The maximum atomic E-state index is 12.4. The van der Waals surface area contributed by atoms with Crippen LogP contribution in [0, 0.1) is 0 Å². The molecular formula is C14H20ClN3O2. The van der Waals surface area contributed by atoms with Crippen molar-refractivity contribution < 1.29 is 9.59 Å². The molecule has 1 aromatic carbocycles. The second-order valence-corrected chi connectivity index (χ2v) is 4.81. The zero-order chi connectivity index (χ0) is 13.8. The van der Waals surface area contributed by atoms with Crippen LogP contribution >= 0.6 is 12.4 Å². The zero-order valence-electron chi connectivity index (χ0n) is 11.7. The van der Waals surface area contributed by atoms with Crippen molar-refractivity contribution >= 4 is 29.9 Å². The number of halogens is 1. The number of piperazine rings is 1. The molecule has 1 aliphatic rings. The van der Waals surface area contributed by atoms with Crippen LogP contribution in [0.3, 0.4) is 0 Å². The van der Waals surface area contributed by atoms with Crippen LogP contribution in [0.5, 0.6) is 0 Å². The van der Waals surface area contributed by atoms with Crippen molar-refractivity contribution in [2.75, 3.05) is 25.0 Å². The minimum atomic E-state index is -0.116. The van der Waals surface area contributed by atoms with E-state index in [0.717, 1.165) is 19.6 Å². The van der Waals surface area contributed by atoms with Crippen LogP contribution in [0.4, 0.5) is 5.69 Å². The van der Waals surface area contributed by atoms with E-state index in [-0.39, 0.29) is 30.3 Å². The molecule has 1 aromatic rings. The summed E-state index contributed by atoms with van der Waals surface area (Å²) in [5.74, 6) is -0.0711. The summed E-state index contributed by atoms with van der Waals surface area (Å²) in [7, 11) is 0. The fraction of sp³-hybridized carbons (Fsp3) is 0.429. The van der Waals surface area contributed by atoms with E-state index in [2.05, 4.69) is 10.6 Å². The Morgan fingerprint density at radius 2 is 1.95 bits per heavy atom. The van der Waals surface area contributed by atoms with Gasteiger partial charge in [0.2, 0.25) is 5.91 Å². The Morgan fingerprint density at radius 3 is 2.50 bits per heavy atom. The fourth-order valence-corrected chi connectivity index (χ4v) is 2.21. The lowest BCUT2D eigenvalue weighted by Crippen LogP contribution is -2.52. The highest BCUT2D eigenvalue weighted by atomic mass is 35.5. The molecule has 1 aliphatic heterocycles. The second kappa shape index (κ2) is 7.26. The molecule has 0 spiro atoms. The van der Waals surface area contributed by atoms with Gasteiger partial charge < -0.3 is 15.5 Å². The first-order chi connectivity index (χ1) is 9.08. The molecule has 2 amide bonds. The molecular weight excluding hydrogens is 278 g/mol. The van der Waals surface area contributed by atoms with Crippen molar-refractivity contribution in [1.82, 2.24) is 10.2 Å². The highest BCUT2D eigenvalue weighted by molar-refractivity contribution is 5.95. The SMILES string of the molecule is CC(=O)Nc1ccc(C(=O)N2CCNC[C@H]2C)cc1.Cl. The van der Waals surface area contributed by atoms with Crippen LogP contribution in [0.1, 0.15) is 24.2 Å². The van der Waals surface area contributed by atoms with Gasteiger partial charge in [0, 0.05) is 43.9 Å². The number of anilines is 1. The van der Waals surface area contributed by atoms with E-state index in [9.17, 15) is 9.59 Å². The summed E-state index contributed by atoms with van der Waals surface area (Å²) in [6, 6.07) is 7.21. The maximum Gasteiger partial charge on any atom is 0.254 e. The van der Waals surface area contributed by atoms with Gasteiger partial charge in [0.05, 0.1) is 0 Å². The van der Waals surface area contributed by atoms with E-state index in [0.29, 0.717) is 11.3 Å². The third-order valence-electron chi connectivity index (χ3n) is 3.21. The molecule has 5 nitrogen and oxygen atoms in total. The van der Waals surface area contributed by atoms with Gasteiger partial charge in [-0.2, -0.15) is 0 Å². The molecule has 0 bridgehead atoms. The van der Waals surface area contributed by atoms with Gasteiger partial charge in [0.15, 0.2) is 0 Å². The van der Waals surface area contributed by atoms with Gasteiger partial charge >= 0.3 is 0 Å². The van der Waals surface area contributed by atoms with Crippen molar-refractivity contribution in [2.24, 2.45) is 0 Å². The Morgan fingerprint density at radius 1 is 1.30 bits per heavy atom. The van der Waals surface area contributed by atoms with Crippen LogP contribution < -0.4 is 10.6 Å². The van der Waals surface area contributed by atoms with Gasteiger partial charge in [0.25, 0.3) is 5.91 Å². The largest absolute Gasteiger partial charge is 0.333 e. The Balaban J connectivity index is 0.00000200. The topological polar surface area (TPSA) is 61.4 Å². The number of nitrogens with zero attached hydrogens (tertiary/aromatic N) is 1. The Hall–Kier alpha value is -1.59. The number of carbonyl (C=O) groups is 2. The molecule has 110 valence electrons. The zero-order valence-corrected chi connectivity index (χ0v) is 12.5. The van der Waals surface area contributed by atoms with Crippen LogP contribution in [-0.2, 0) is 4.79 Å². The maximum absolute atomic E-state index is 12.4. The Kier molecular flexibility index (Phi) is 5.98. The van der Waals surface area contributed by atoms with E-state index in [1.54, 1.807) is 24.3 Å². The van der Waals surface area contributed by atoms with E-state index < -0.39 is 0 Å². The highest BCUT2D eigenvalue weighted by Crippen LogP contribution is 2.14. The molecule has 0 saturated carbocycles. The van der Waals surface area contributed by atoms with E-state index >= 15 is 0 Å². The summed E-state index contributed by atoms with van der Waals surface area (Å²) in [6.07, 6.45) is 0. The number of hydrogen-bond acceptors (Lipinski definition) is 3. The van der Waals surface area contributed by atoms with Crippen molar-refractivity contribution in [1.29, 1.82) is 0 Å². The molecule has 0 radical (unpaired) electrons. The molecule has 1 saturated heterocycles. The van der Waals surface area contributed by atoms with Crippen molar-refractivity contribution in [3.8, 4) is 0 Å². The lowest BCUT2D eigenvalue weighted by Gasteiger charge is -2.34. The van der Waals surface area contributed by atoms with Crippen LogP contribution in [-0.4, -0.2) is 42.4 Å². The van der Waals surface area contributed by atoms with E-state index in [1.807, 2.05) is 11.8 Å². The Bertz CT molecular complexity index is 476. The summed E-state index contributed by atoms with van der Waals surface area (Å²) in [5, 5.41) is 5.95. The summed E-state index contributed by atoms with van der Waals surface area (Å²) >= 11 is 0. The number of amides is 2. The molecule has 2 rings (SSSR count). The normalized spacial score (nSPS) is 18.1. The molecule has 2 N–H and O–H groups in total. The number of benzene rings is 1. The van der Waals surface area contributed by atoms with Gasteiger partial charge in [-0.25, -0.2) is 0 Å². The first kappa shape index (κ1) is 16.5. The summed E-state index contributed by atoms with van der Waals surface area (Å²) in [4.78, 5) is 25.2. The fourth-order valence-electron chi connectivity index (χ4n) is 2.21. The molecule has 1 atom stereocenters. The summed E-state index contributed by atoms with van der Waals surface area (Å²) in [6.45, 7) is 5.89.